The smallest absolute Gasteiger partial charge is 0.410 e. The molecule has 5 nitrogen and oxygen atoms in total. The number of aromatic nitrogens is 1. The number of aryl methyl sites for hydroxylation is 1. The molecule has 1 aromatic heterocycles. The van der Waals surface area contributed by atoms with Gasteiger partial charge in [-0.1, -0.05) is 0 Å². The van der Waals surface area contributed by atoms with Gasteiger partial charge in [0.1, 0.15) is 5.60 Å². The van der Waals surface area contributed by atoms with E-state index in [1.165, 1.54) is 0 Å². The number of carbonyl (C=O) groups is 1. The molecule has 1 amide bonds. The van der Waals surface area contributed by atoms with Crippen LogP contribution >= 0.6 is 0 Å². The number of alkyl halides is 2. The summed E-state index contributed by atoms with van der Waals surface area (Å²) in [5.41, 5.74) is 1.99. The SMILES string of the molecule is Cc1cc2c(nc1OCC(F)F)CCN(C(=O)OC(C)(C)C)CC2. The molecule has 1 aliphatic rings. The van der Waals surface area contributed by atoms with Crippen molar-refractivity contribution in [3.8, 4) is 5.88 Å². The number of nitrogens with zero attached hydrogens (tertiary/aromatic N) is 2. The van der Waals surface area contributed by atoms with Gasteiger partial charge in [-0.05, 0) is 45.7 Å². The molecule has 0 aromatic carbocycles. The number of ether oxygens (including phenoxy) is 2. The highest BCUT2D eigenvalue weighted by molar-refractivity contribution is 5.68. The first-order valence-electron chi connectivity index (χ1n) is 8.04. The van der Waals surface area contributed by atoms with E-state index >= 15 is 0 Å². The Morgan fingerprint density at radius 1 is 1.33 bits per heavy atom. The maximum absolute atomic E-state index is 12.3. The molecule has 0 atom stereocenters. The van der Waals surface area contributed by atoms with E-state index in [9.17, 15) is 13.6 Å². The van der Waals surface area contributed by atoms with Crippen LogP contribution in [-0.4, -0.2) is 47.7 Å². The zero-order valence-corrected chi connectivity index (χ0v) is 14.6. The van der Waals surface area contributed by atoms with E-state index in [0.717, 1.165) is 16.8 Å². The molecular weight excluding hydrogens is 318 g/mol. The predicted molar refractivity (Wildman–Crippen MR) is 85.7 cm³/mol. The topological polar surface area (TPSA) is 51.7 Å². The zero-order chi connectivity index (χ0) is 17.9. The third kappa shape index (κ3) is 5.04. The van der Waals surface area contributed by atoms with Crippen molar-refractivity contribution in [1.82, 2.24) is 9.88 Å². The highest BCUT2D eigenvalue weighted by Crippen LogP contribution is 2.23. The second-order valence-corrected chi connectivity index (χ2v) is 6.89. The molecule has 2 heterocycles. The van der Waals surface area contributed by atoms with Crippen molar-refractivity contribution >= 4 is 6.09 Å². The molecule has 1 aliphatic heterocycles. The summed E-state index contributed by atoms with van der Waals surface area (Å²) in [5, 5.41) is 0. The van der Waals surface area contributed by atoms with Crippen LogP contribution in [0.4, 0.5) is 13.6 Å². The molecule has 2 rings (SSSR count). The third-order valence-corrected chi connectivity index (χ3v) is 3.60. The molecule has 7 heteroatoms. The van der Waals surface area contributed by atoms with Crippen molar-refractivity contribution in [3.05, 3.63) is 22.9 Å². The Hall–Kier alpha value is -1.92. The summed E-state index contributed by atoms with van der Waals surface area (Å²) in [7, 11) is 0. The zero-order valence-electron chi connectivity index (χ0n) is 14.6. The number of hydrogen-bond donors (Lipinski definition) is 0. The van der Waals surface area contributed by atoms with Crippen LogP contribution in [0.1, 0.15) is 37.6 Å². The van der Waals surface area contributed by atoms with Crippen LogP contribution in [0.3, 0.4) is 0 Å². The Morgan fingerprint density at radius 2 is 2.00 bits per heavy atom. The highest BCUT2D eigenvalue weighted by Gasteiger charge is 2.25. The molecular formula is C17H24F2N2O3. The van der Waals surface area contributed by atoms with Gasteiger partial charge < -0.3 is 14.4 Å². The molecule has 0 saturated heterocycles. The van der Waals surface area contributed by atoms with Gasteiger partial charge in [0.15, 0.2) is 6.61 Å². The number of pyridine rings is 1. The summed E-state index contributed by atoms with van der Waals surface area (Å²) in [6, 6.07) is 1.90. The summed E-state index contributed by atoms with van der Waals surface area (Å²) < 4.78 is 35.1. The van der Waals surface area contributed by atoms with E-state index in [1.807, 2.05) is 26.8 Å². The van der Waals surface area contributed by atoms with Crippen molar-refractivity contribution in [2.24, 2.45) is 0 Å². The van der Waals surface area contributed by atoms with Crippen LogP contribution in [0.15, 0.2) is 6.07 Å². The van der Waals surface area contributed by atoms with Gasteiger partial charge in [0, 0.05) is 30.8 Å². The largest absolute Gasteiger partial charge is 0.471 e. The molecule has 0 saturated carbocycles. The van der Waals surface area contributed by atoms with Crippen LogP contribution in [0.5, 0.6) is 5.88 Å². The Morgan fingerprint density at radius 3 is 2.62 bits per heavy atom. The number of amides is 1. The van der Waals surface area contributed by atoms with Crippen molar-refractivity contribution in [1.29, 1.82) is 0 Å². The van der Waals surface area contributed by atoms with E-state index in [2.05, 4.69) is 4.98 Å². The van der Waals surface area contributed by atoms with Crippen LogP contribution in [0.25, 0.3) is 0 Å². The molecule has 0 radical (unpaired) electrons. The number of hydrogen-bond acceptors (Lipinski definition) is 4. The Labute approximate surface area is 141 Å². The minimum atomic E-state index is -2.53. The van der Waals surface area contributed by atoms with E-state index in [0.29, 0.717) is 25.9 Å². The monoisotopic (exact) mass is 342 g/mol. The van der Waals surface area contributed by atoms with Crippen LogP contribution in [-0.2, 0) is 17.6 Å². The molecule has 0 unspecified atom stereocenters. The van der Waals surface area contributed by atoms with Crippen LogP contribution < -0.4 is 4.74 Å². The molecule has 0 N–H and O–H groups in total. The van der Waals surface area contributed by atoms with Gasteiger partial charge in [0.05, 0.1) is 0 Å². The maximum Gasteiger partial charge on any atom is 0.410 e. The molecule has 0 aliphatic carbocycles. The fraction of sp³-hybridized carbons (Fsp3) is 0.647. The molecule has 0 spiro atoms. The first-order valence-corrected chi connectivity index (χ1v) is 8.04. The first-order chi connectivity index (χ1) is 11.2. The normalized spacial score (nSPS) is 15.0. The fourth-order valence-corrected chi connectivity index (χ4v) is 2.53. The Bertz CT molecular complexity index is 600. The summed E-state index contributed by atoms with van der Waals surface area (Å²) in [6.45, 7) is 7.62. The van der Waals surface area contributed by atoms with Gasteiger partial charge in [-0.25, -0.2) is 18.6 Å². The average Bonchev–Trinajstić information content (AvgIpc) is 2.65. The molecule has 24 heavy (non-hydrogen) atoms. The lowest BCUT2D eigenvalue weighted by Gasteiger charge is -2.26. The second kappa shape index (κ2) is 7.32. The van der Waals surface area contributed by atoms with E-state index < -0.39 is 18.6 Å². The highest BCUT2D eigenvalue weighted by atomic mass is 19.3. The lowest BCUT2D eigenvalue weighted by Crippen LogP contribution is -2.38. The van der Waals surface area contributed by atoms with Gasteiger partial charge in [-0.3, -0.25) is 0 Å². The summed E-state index contributed by atoms with van der Waals surface area (Å²) in [6.07, 6.45) is -1.69. The minimum absolute atomic E-state index is 0.236. The van der Waals surface area contributed by atoms with Gasteiger partial charge >= 0.3 is 6.09 Å². The van der Waals surface area contributed by atoms with Gasteiger partial charge in [0.25, 0.3) is 6.43 Å². The minimum Gasteiger partial charge on any atom is -0.471 e. The summed E-state index contributed by atoms with van der Waals surface area (Å²) in [5.74, 6) is 0.236. The van der Waals surface area contributed by atoms with Crippen LogP contribution in [0, 0.1) is 6.92 Å². The summed E-state index contributed by atoms with van der Waals surface area (Å²) >= 11 is 0. The molecule has 134 valence electrons. The van der Waals surface area contributed by atoms with E-state index in [4.69, 9.17) is 9.47 Å². The molecule has 0 bridgehead atoms. The van der Waals surface area contributed by atoms with Gasteiger partial charge in [0.2, 0.25) is 5.88 Å². The van der Waals surface area contributed by atoms with E-state index in [-0.39, 0.29) is 12.0 Å². The predicted octanol–water partition coefficient (Wildman–Crippen LogP) is 3.37. The number of carbonyl (C=O) groups excluding carboxylic acids is 1. The lowest BCUT2D eigenvalue weighted by molar-refractivity contribution is 0.0258. The third-order valence-electron chi connectivity index (χ3n) is 3.60. The Balaban J connectivity index is 2.09. The van der Waals surface area contributed by atoms with Gasteiger partial charge in [-0.15, -0.1) is 0 Å². The van der Waals surface area contributed by atoms with Crippen molar-refractivity contribution < 1.29 is 23.0 Å². The number of halogens is 2. The fourth-order valence-electron chi connectivity index (χ4n) is 2.53. The number of rotatable bonds is 3. The van der Waals surface area contributed by atoms with Crippen LogP contribution in [0.2, 0.25) is 0 Å². The Kier molecular flexibility index (Phi) is 5.62. The van der Waals surface area contributed by atoms with Crippen molar-refractivity contribution in [2.75, 3.05) is 19.7 Å². The number of fused-ring (bicyclic) bond motifs is 1. The van der Waals surface area contributed by atoms with Crippen molar-refractivity contribution in [3.63, 3.8) is 0 Å². The maximum atomic E-state index is 12.3. The lowest BCUT2D eigenvalue weighted by atomic mass is 10.1. The average molecular weight is 342 g/mol. The standard InChI is InChI=1S/C17H24F2N2O3/c1-11-9-12-5-7-21(16(22)24-17(2,3)4)8-6-13(12)20-15(11)23-10-14(18)19/h9,14H,5-8,10H2,1-4H3. The van der Waals surface area contributed by atoms with Crippen molar-refractivity contribution in [2.45, 2.75) is 52.6 Å². The van der Waals surface area contributed by atoms with E-state index in [1.54, 1.807) is 11.8 Å². The second-order valence-electron chi connectivity index (χ2n) is 6.89. The molecule has 0 fully saturated rings. The quantitative estimate of drug-likeness (QED) is 0.845. The molecule has 1 aromatic rings. The summed E-state index contributed by atoms with van der Waals surface area (Å²) in [4.78, 5) is 18.2. The van der Waals surface area contributed by atoms with Gasteiger partial charge in [-0.2, -0.15) is 0 Å². The first kappa shape index (κ1) is 18.4.